The summed E-state index contributed by atoms with van der Waals surface area (Å²) < 4.78 is 39.9. The molecule has 0 aromatic heterocycles. The average molecular weight is 1550 g/mol. The maximum Gasteiger partial charge on any atom is 0.338 e. The minimum atomic E-state index is -0.984. The molecule has 3 unspecified atom stereocenters. The van der Waals surface area contributed by atoms with Gasteiger partial charge in [0.15, 0.2) is 23.1 Å². The first-order valence-electron chi connectivity index (χ1n) is 33.5. The van der Waals surface area contributed by atoms with Gasteiger partial charge in [-0.1, -0.05) is 81.7 Å². The second-order valence-electron chi connectivity index (χ2n) is 23.3. The number of carbonyl (C=O) groups is 10. The topological polar surface area (TPSA) is 420 Å². The van der Waals surface area contributed by atoms with Gasteiger partial charge in [-0.3, -0.25) is 44.2 Å². The van der Waals surface area contributed by atoms with Crippen LogP contribution in [-0.4, -0.2) is 152 Å². The lowest BCUT2D eigenvalue weighted by molar-refractivity contribution is -0.387. The summed E-state index contributed by atoms with van der Waals surface area (Å²) in [6.45, 7) is 11.4. The third-order valence-electron chi connectivity index (χ3n) is 16.3. The van der Waals surface area contributed by atoms with E-state index in [0.717, 1.165) is 100 Å². The van der Waals surface area contributed by atoms with E-state index in [0.29, 0.717) is 79.6 Å². The van der Waals surface area contributed by atoms with Gasteiger partial charge < -0.3 is 49.9 Å². The molecule has 6 aromatic carbocycles. The molecule has 0 saturated heterocycles. The fraction of sp³-hybridized carbons (Fsp3) is 0.355. The Labute approximate surface area is 625 Å². The Bertz CT molecular complexity index is 4300. The van der Waals surface area contributed by atoms with Crippen molar-refractivity contribution < 1.29 is 95.7 Å². The molecule has 0 bridgehead atoms. The number of halogens is 2. The number of fused-ring (bicyclic) bond motifs is 4. The molecule has 31 heteroatoms. The molecule has 0 radical (unpaired) electrons. The molecule has 0 spiro atoms. The lowest BCUT2D eigenvalue weighted by Gasteiger charge is -2.25. The summed E-state index contributed by atoms with van der Waals surface area (Å²) >= 11 is 3.41. The van der Waals surface area contributed by atoms with Crippen LogP contribution in [0.3, 0.4) is 0 Å². The van der Waals surface area contributed by atoms with Gasteiger partial charge in [-0.05, 0) is 145 Å². The number of aliphatic imine (C=N–C) groups is 3. The zero-order valence-electron chi connectivity index (χ0n) is 61.3. The molecule has 3 atom stereocenters. The van der Waals surface area contributed by atoms with Crippen molar-refractivity contribution in [3.63, 3.8) is 0 Å². The van der Waals surface area contributed by atoms with Gasteiger partial charge in [-0.15, -0.1) is 0 Å². The standard InChI is InChI=1S/C13H16N2O6.C13H15NO3.C13H13NO3.C12H12BrNO.C12H13NO2.C8H6FNO4.C5H11NO2/c1-4-9(13(17)21-3)14-10-6-5-8(12(16)20-2)7-11(10)15(18)19;2*1-3-10-12(15)7-9-6-8(13(16)17-2)4-5-11(9)14-10;1-2-10-12(15)6-9-5-8(7-13)3-4-11(9)14-10;1-2-10-12(15)6-9-5-8(7-14)3-4-11(9)13-10;1-14-8(11)5-2-3-6(9)7(4-5)10(12)13;1-3-4(6)5(7)8-2/h5-7,9,14H,4H2,1-3H3;4-6,10,14H,3,7H2,1-2H3;4-6H,3,7H2,1-2H3;3-5H,2,6-7H2,1H3;3-5,14H,2,6-7H2,1H3;2-4H,1H3;4H,3,6H2,1-2H3. The predicted molar refractivity (Wildman–Crippen MR) is 401 cm³/mol. The van der Waals surface area contributed by atoms with E-state index in [1.54, 1.807) is 37.3 Å². The van der Waals surface area contributed by atoms with Crippen LogP contribution in [0.15, 0.2) is 124 Å². The number of alkyl halides is 1. The van der Waals surface area contributed by atoms with Crippen molar-refractivity contribution >= 4 is 132 Å². The monoisotopic (exact) mass is 1540 g/mol. The number of carbonyl (C=O) groups excluding carboxylic acids is 10. The fourth-order valence-corrected chi connectivity index (χ4v) is 10.6. The number of hydrogen-bond acceptors (Lipinski definition) is 27. The van der Waals surface area contributed by atoms with Gasteiger partial charge in [0.1, 0.15) is 17.8 Å². The first-order valence-corrected chi connectivity index (χ1v) is 34.6. The summed E-state index contributed by atoms with van der Waals surface area (Å²) in [5.41, 5.74) is 16.4. The first-order chi connectivity index (χ1) is 51.0. The van der Waals surface area contributed by atoms with Crippen LogP contribution in [0.4, 0.5) is 44.2 Å². The number of hydrogen-bond donors (Lipinski definition) is 4. The average Bonchev–Trinajstić information content (AvgIpc) is 0.840. The number of Topliss-reactive ketones (excluding diaryl/α,β-unsaturated/α-hetero) is 4. The quantitative estimate of drug-likeness (QED) is 0.0204. The molecule has 4 heterocycles. The van der Waals surface area contributed by atoms with Crippen molar-refractivity contribution in [3.8, 4) is 0 Å². The van der Waals surface area contributed by atoms with Gasteiger partial charge in [0.25, 0.3) is 5.69 Å². The number of benzene rings is 6. The van der Waals surface area contributed by atoms with Gasteiger partial charge in [0.05, 0.1) is 122 Å². The van der Waals surface area contributed by atoms with Gasteiger partial charge >= 0.3 is 41.5 Å². The van der Waals surface area contributed by atoms with Crippen LogP contribution < -0.4 is 16.4 Å². The molecule has 4 aliphatic heterocycles. The van der Waals surface area contributed by atoms with E-state index >= 15 is 0 Å². The van der Waals surface area contributed by atoms with Crippen LogP contribution in [0.1, 0.15) is 155 Å². The fourth-order valence-electron chi connectivity index (χ4n) is 10.3. The highest BCUT2D eigenvalue weighted by atomic mass is 79.9. The molecule has 570 valence electrons. The van der Waals surface area contributed by atoms with E-state index < -0.39 is 57.3 Å². The summed E-state index contributed by atoms with van der Waals surface area (Å²) in [4.78, 5) is 146. The van der Waals surface area contributed by atoms with Crippen LogP contribution in [0, 0.1) is 26.0 Å². The van der Waals surface area contributed by atoms with Crippen molar-refractivity contribution in [3.05, 3.63) is 191 Å². The number of ketones is 4. The molecule has 6 aromatic rings. The lowest BCUT2D eigenvalue weighted by atomic mass is 9.94. The van der Waals surface area contributed by atoms with Crippen molar-refractivity contribution in [1.82, 2.24) is 0 Å². The molecule has 29 nitrogen and oxygen atoms in total. The molecule has 0 aliphatic carbocycles. The highest BCUT2D eigenvalue weighted by molar-refractivity contribution is 9.08. The minimum absolute atomic E-state index is 0.00577. The largest absolute Gasteiger partial charge is 0.468 e. The Morgan fingerprint density at radius 3 is 1.35 bits per heavy atom. The van der Waals surface area contributed by atoms with E-state index in [-0.39, 0.29) is 70.2 Å². The molecule has 0 saturated carbocycles. The minimum Gasteiger partial charge on any atom is -0.468 e. The normalized spacial score (nSPS) is 13.7. The third kappa shape index (κ3) is 25.4. The summed E-state index contributed by atoms with van der Waals surface area (Å²) in [6, 6.07) is 27.4. The number of anilines is 2. The predicted octanol–water partition coefficient (Wildman–Crippen LogP) is 12.0. The zero-order valence-corrected chi connectivity index (χ0v) is 62.9. The second kappa shape index (κ2) is 43.7. The van der Waals surface area contributed by atoms with Crippen LogP contribution in [0.25, 0.3) is 0 Å². The number of nitrogens with zero attached hydrogens (tertiary/aromatic N) is 5. The maximum atomic E-state index is 12.8. The number of nitrogens with two attached hydrogens (primary N) is 1. The molecular formula is C76H86BrFN8O21. The van der Waals surface area contributed by atoms with Gasteiger partial charge in [0.2, 0.25) is 5.82 Å². The number of aliphatic hydroxyl groups is 1. The highest BCUT2D eigenvalue weighted by Crippen LogP contribution is 2.32. The van der Waals surface area contributed by atoms with E-state index in [2.05, 4.69) is 76.0 Å². The highest BCUT2D eigenvalue weighted by Gasteiger charge is 2.28. The molecule has 0 amide bonds. The van der Waals surface area contributed by atoms with Crippen LogP contribution in [-0.2, 0) is 94.8 Å². The van der Waals surface area contributed by atoms with Crippen molar-refractivity contribution in [1.29, 1.82) is 0 Å². The van der Waals surface area contributed by atoms with E-state index in [4.69, 9.17) is 10.8 Å². The van der Waals surface area contributed by atoms with Gasteiger partial charge in [0, 0.05) is 48.8 Å². The molecule has 4 aliphatic rings. The second-order valence-corrected chi connectivity index (χ2v) is 23.8. The van der Waals surface area contributed by atoms with Crippen LogP contribution in [0.5, 0.6) is 0 Å². The number of ether oxygens (including phenoxy) is 6. The van der Waals surface area contributed by atoms with Crippen molar-refractivity contribution in [2.24, 2.45) is 20.7 Å². The summed E-state index contributed by atoms with van der Waals surface area (Å²) in [7, 11) is 7.57. The Morgan fingerprint density at radius 2 is 0.944 bits per heavy atom. The van der Waals surface area contributed by atoms with Crippen molar-refractivity contribution in [2.75, 3.05) is 53.3 Å². The Balaban J connectivity index is 0.000000267. The SMILES string of the molecule is CCC(N)C(=O)OC.CCC(Nc1ccc(C(=O)OC)cc1[N+](=O)[O-])C(=O)OC.CCC1=Nc2ccc(C(=O)OC)cc2CC1=O.CCC1=Nc2ccc(CBr)cc2CC1=O.CCC1=Nc2ccc(CO)cc2CC1=O.CCC1Nc2ccc(C(=O)OC)cc2CC1=O.COC(=O)c1ccc(F)c([N+](=O)[O-])c1. The van der Waals surface area contributed by atoms with Gasteiger partial charge in [-0.25, -0.2) is 38.9 Å². The number of aliphatic hydroxyl groups excluding tert-OH is 1. The first kappa shape index (κ1) is 88.0. The summed E-state index contributed by atoms with van der Waals surface area (Å²) in [5.74, 6) is -3.58. The van der Waals surface area contributed by atoms with Crippen molar-refractivity contribution in [2.45, 2.75) is 136 Å². The van der Waals surface area contributed by atoms with Crippen LogP contribution >= 0.6 is 15.9 Å². The molecule has 0 fully saturated rings. The molecule has 5 N–H and O–H groups in total. The molecular weight excluding hydrogens is 1460 g/mol. The number of nitro benzene ring substituents is 2. The maximum absolute atomic E-state index is 12.8. The number of nitro groups is 2. The van der Waals surface area contributed by atoms with Gasteiger partial charge in [-0.2, -0.15) is 4.39 Å². The Kier molecular flexibility index (Phi) is 36.0. The van der Waals surface area contributed by atoms with E-state index in [9.17, 15) is 72.6 Å². The smallest absolute Gasteiger partial charge is 0.338 e. The Morgan fingerprint density at radius 1 is 0.542 bits per heavy atom. The molecule has 10 rings (SSSR count). The Hall–Kier alpha value is -11.4. The third-order valence-corrected chi connectivity index (χ3v) is 16.9. The number of nitrogens with one attached hydrogen (secondary N) is 2. The number of esters is 6. The van der Waals surface area contributed by atoms with Crippen LogP contribution in [0.2, 0.25) is 0 Å². The number of rotatable bonds is 18. The summed E-state index contributed by atoms with van der Waals surface area (Å²) in [6.07, 6.45) is 5.44. The lowest BCUT2D eigenvalue weighted by Crippen LogP contribution is -2.34. The number of methoxy groups -OCH3 is 6. The van der Waals surface area contributed by atoms with E-state index in [1.165, 1.54) is 53.2 Å². The molecule has 107 heavy (non-hydrogen) atoms. The zero-order chi connectivity index (χ0) is 79.8. The summed E-state index contributed by atoms with van der Waals surface area (Å²) in [5, 5.41) is 37.1. The van der Waals surface area contributed by atoms with E-state index in [1.807, 2.05) is 71.0 Å².